The Labute approximate surface area is 289 Å². The lowest BCUT2D eigenvalue weighted by Gasteiger charge is -2.33. The predicted molar refractivity (Wildman–Crippen MR) is 197 cm³/mol. The zero-order chi connectivity index (χ0) is 32.9. The molecule has 0 aliphatic heterocycles. The Kier molecular flexibility index (Phi) is 36.5. The Morgan fingerprint density at radius 1 is 0.444 bits per heavy atom. The van der Waals surface area contributed by atoms with E-state index in [1.54, 1.807) is 0 Å². The molecule has 45 heavy (non-hydrogen) atoms. The minimum Gasteiger partial charge on any atom is -0.465 e. The van der Waals surface area contributed by atoms with Gasteiger partial charge >= 0.3 is 5.97 Å². The van der Waals surface area contributed by atoms with Gasteiger partial charge < -0.3 is 18.9 Å². The topological polar surface area (TPSA) is 54.0 Å². The van der Waals surface area contributed by atoms with Crippen LogP contribution in [0.1, 0.15) is 188 Å². The molecule has 0 radical (unpaired) electrons. The van der Waals surface area contributed by atoms with Gasteiger partial charge in [-0.05, 0) is 25.7 Å². The van der Waals surface area contributed by atoms with Crippen molar-refractivity contribution in [2.24, 2.45) is 5.41 Å². The second-order valence-corrected chi connectivity index (χ2v) is 14.3. The van der Waals surface area contributed by atoms with Gasteiger partial charge in [-0.2, -0.15) is 0 Å². The average molecular weight is 706 g/mol. The van der Waals surface area contributed by atoms with Gasteiger partial charge in [0, 0.05) is 31.6 Å². The Bertz CT molecular complexity index is 528. The Morgan fingerprint density at radius 2 is 0.756 bits per heavy atom. The van der Waals surface area contributed by atoms with E-state index in [0.717, 1.165) is 50.8 Å². The molecule has 0 aliphatic rings. The first-order valence-electron chi connectivity index (χ1n) is 19.6. The summed E-state index contributed by atoms with van der Waals surface area (Å²) in [5, 5.41) is 0.804. The summed E-state index contributed by atoms with van der Waals surface area (Å²) < 4.78 is 24.7. The molecule has 0 aliphatic carbocycles. The lowest BCUT2D eigenvalue weighted by molar-refractivity contribution is -0.156. The number of hydrogen-bond acceptors (Lipinski definition) is 5. The van der Waals surface area contributed by atoms with Gasteiger partial charge in [0.1, 0.15) is 6.61 Å². The summed E-state index contributed by atoms with van der Waals surface area (Å²) in [5.74, 6) is -0.145. The molecule has 0 aromatic heterocycles. The fraction of sp³-hybridized carbons (Fsp3) is 0.974. The van der Waals surface area contributed by atoms with Crippen molar-refractivity contribution in [2.45, 2.75) is 188 Å². The fourth-order valence-electron chi connectivity index (χ4n) is 5.65. The van der Waals surface area contributed by atoms with Crippen molar-refractivity contribution < 1.29 is 23.7 Å². The summed E-state index contributed by atoms with van der Waals surface area (Å²) in [4.78, 5) is 12.5. The van der Waals surface area contributed by atoms with Gasteiger partial charge in [0.2, 0.25) is 0 Å². The molecule has 0 N–H and O–H groups in total. The Hall–Kier alpha value is -0.170. The third kappa shape index (κ3) is 32.2. The van der Waals surface area contributed by atoms with Crippen molar-refractivity contribution >= 4 is 21.9 Å². The van der Waals surface area contributed by atoms with Crippen molar-refractivity contribution in [3.05, 3.63) is 0 Å². The number of esters is 1. The van der Waals surface area contributed by atoms with Gasteiger partial charge in [-0.3, -0.25) is 4.79 Å². The summed E-state index contributed by atoms with van der Waals surface area (Å²) in [5.41, 5.74) is -0.468. The van der Waals surface area contributed by atoms with E-state index in [9.17, 15) is 4.79 Å². The van der Waals surface area contributed by atoms with Gasteiger partial charge in [-0.25, -0.2) is 0 Å². The molecule has 0 atom stereocenters. The SMILES string of the molecule is CCCCCCCCCCOCC(COCCCCCCCCCC)(COCCCCCCCCCC)COC(=O)CCCBr. The molecule has 0 saturated carbocycles. The van der Waals surface area contributed by atoms with Gasteiger partial charge in [0.15, 0.2) is 0 Å². The van der Waals surface area contributed by atoms with Crippen LogP contribution in [0.2, 0.25) is 0 Å². The third-order valence-corrected chi connectivity index (χ3v) is 9.27. The first-order valence-corrected chi connectivity index (χ1v) is 20.7. The average Bonchev–Trinajstić information content (AvgIpc) is 3.05. The largest absolute Gasteiger partial charge is 0.465 e. The van der Waals surface area contributed by atoms with Crippen molar-refractivity contribution in [3.63, 3.8) is 0 Å². The van der Waals surface area contributed by atoms with Gasteiger partial charge in [-0.1, -0.05) is 172 Å². The van der Waals surface area contributed by atoms with Crippen LogP contribution in [0, 0.1) is 5.41 Å². The monoisotopic (exact) mass is 704 g/mol. The highest BCUT2D eigenvalue weighted by Gasteiger charge is 2.34. The number of hydrogen-bond donors (Lipinski definition) is 0. The summed E-state index contributed by atoms with van der Waals surface area (Å²) in [6.07, 6.45) is 32.0. The summed E-state index contributed by atoms with van der Waals surface area (Å²) in [6.45, 7) is 10.8. The van der Waals surface area contributed by atoms with Crippen molar-refractivity contribution in [1.29, 1.82) is 0 Å². The summed E-state index contributed by atoms with van der Waals surface area (Å²) in [6, 6.07) is 0. The molecule has 0 heterocycles. The second kappa shape index (κ2) is 36.7. The molecular formula is C39H77BrO5. The molecule has 0 fully saturated rings. The lowest BCUT2D eigenvalue weighted by Crippen LogP contribution is -2.42. The van der Waals surface area contributed by atoms with Crippen LogP contribution < -0.4 is 0 Å². The Balaban J connectivity index is 4.86. The van der Waals surface area contributed by atoms with Gasteiger partial charge in [0.25, 0.3) is 0 Å². The predicted octanol–water partition coefficient (Wildman–Crippen LogP) is 12.2. The maximum absolute atomic E-state index is 12.5. The number of rotatable bonds is 38. The van der Waals surface area contributed by atoms with E-state index in [-0.39, 0.29) is 5.97 Å². The van der Waals surface area contributed by atoms with Crippen LogP contribution in [0.5, 0.6) is 0 Å². The van der Waals surface area contributed by atoms with E-state index in [1.807, 2.05) is 0 Å². The minimum absolute atomic E-state index is 0.145. The van der Waals surface area contributed by atoms with E-state index in [1.165, 1.54) is 135 Å². The van der Waals surface area contributed by atoms with Crippen LogP contribution in [0.4, 0.5) is 0 Å². The van der Waals surface area contributed by atoms with Gasteiger partial charge in [0.05, 0.1) is 25.2 Å². The molecule has 0 aromatic carbocycles. The van der Waals surface area contributed by atoms with Crippen molar-refractivity contribution in [1.82, 2.24) is 0 Å². The molecule has 270 valence electrons. The second-order valence-electron chi connectivity index (χ2n) is 13.5. The first-order chi connectivity index (χ1) is 22.1. The quantitative estimate of drug-likeness (QED) is 0.0364. The normalized spacial score (nSPS) is 11.8. The van der Waals surface area contributed by atoms with Crippen LogP contribution in [0.25, 0.3) is 0 Å². The molecule has 6 heteroatoms. The molecule has 0 spiro atoms. The highest BCUT2D eigenvalue weighted by molar-refractivity contribution is 9.09. The zero-order valence-corrected chi connectivity index (χ0v) is 32.0. The molecular weight excluding hydrogens is 628 g/mol. The smallest absolute Gasteiger partial charge is 0.305 e. The van der Waals surface area contributed by atoms with Crippen molar-refractivity contribution in [3.8, 4) is 0 Å². The number of carbonyl (C=O) groups excluding carboxylic acids is 1. The minimum atomic E-state index is -0.468. The highest BCUT2D eigenvalue weighted by atomic mass is 79.9. The molecule has 0 saturated heterocycles. The zero-order valence-electron chi connectivity index (χ0n) is 30.5. The number of alkyl halides is 1. The number of ether oxygens (including phenoxy) is 4. The van der Waals surface area contributed by atoms with Crippen molar-refractivity contribution in [2.75, 3.05) is 51.6 Å². The standard InChI is InChI=1S/C39H77BrO5/c1-4-7-10-13-16-19-22-25-31-42-34-39(37-45-38(41)29-28-30-40,35-43-32-26-23-20-17-14-11-8-5-2)36-44-33-27-24-21-18-15-12-9-6-3/h4-37H2,1-3H3. The maximum atomic E-state index is 12.5. The van der Waals surface area contributed by atoms with Crippen LogP contribution in [-0.2, 0) is 23.7 Å². The highest BCUT2D eigenvalue weighted by Crippen LogP contribution is 2.23. The lowest BCUT2D eigenvalue weighted by atomic mass is 9.92. The summed E-state index contributed by atoms with van der Waals surface area (Å²) >= 11 is 3.43. The number of unbranched alkanes of at least 4 members (excludes halogenated alkanes) is 21. The molecule has 0 rings (SSSR count). The fourth-order valence-corrected chi connectivity index (χ4v) is 5.93. The number of halogens is 1. The van der Waals surface area contributed by atoms with E-state index in [2.05, 4.69) is 36.7 Å². The van der Waals surface area contributed by atoms with Crippen LogP contribution in [0.3, 0.4) is 0 Å². The maximum Gasteiger partial charge on any atom is 0.305 e. The van der Waals surface area contributed by atoms with Crippen LogP contribution in [0.15, 0.2) is 0 Å². The van der Waals surface area contributed by atoms with E-state index in [0.29, 0.717) is 32.8 Å². The third-order valence-electron chi connectivity index (χ3n) is 8.71. The number of carbonyl (C=O) groups is 1. The van der Waals surface area contributed by atoms with E-state index < -0.39 is 5.41 Å². The molecule has 5 nitrogen and oxygen atoms in total. The van der Waals surface area contributed by atoms with E-state index in [4.69, 9.17) is 18.9 Å². The molecule has 0 amide bonds. The Morgan fingerprint density at radius 3 is 1.07 bits per heavy atom. The van der Waals surface area contributed by atoms with Crippen LogP contribution in [-0.4, -0.2) is 57.5 Å². The van der Waals surface area contributed by atoms with Gasteiger partial charge in [-0.15, -0.1) is 0 Å². The molecule has 0 bridgehead atoms. The summed E-state index contributed by atoms with van der Waals surface area (Å²) in [7, 11) is 0. The van der Waals surface area contributed by atoms with E-state index >= 15 is 0 Å². The molecule has 0 aromatic rings. The van der Waals surface area contributed by atoms with Crippen LogP contribution >= 0.6 is 15.9 Å². The first kappa shape index (κ1) is 44.8. The molecule has 0 unspecified atom stereocenters.